The fourth-order valence-corrected chi connectivity index (χ4v) is 1.91. The zero-order valence-electron chi connectivity index (χ0n) is 11.1. The molecule has 0 radical (unpaired) electrons. The third kappa shape index (κ3) is 4.49. The number of aliphatic hydroxyl groups is 1. The Morgan fingerprint density at radius 2 is 1.72 bits per heavy atom. The fraction of sp³-hybridized carbons (Fsp3) is 0.533. The number of hydrogen-bond acceptors (Lipinski definition) is 3. The Hall–Kier alpha value is -1.35. The monoisotopic (exact) mass is 250 g/mol. The van der Waals surface area contributed by atoms with Crippen LogP contribution in [0.1, 0.15) is 51.2 Å². The van der Waals surface area contributed by atoms with E-state index in [2.05, 4.69) is 13.8 Å². The van der Waals surface area contributed by atoms with E-state index in [0.29, 0.717) is 5.56 Å². The highest BCUT2D eigenvalue weighted by molar-refractivity contribution is 5.76. The van der Waals surface area contributed by atoms with E-state index in [9.17, 15) is 9.90 Å². The molecule has 3 heteroatoms. The third-order valence-corrected chi connectivity index (χ3v) is 2.84. The van der Waals surface area contributed by atoms with Crippen molar-refractivity contribution in [2.75, 3.05) is 0 Å². The highest BCUT2D eigenvalue weighted by Crippen LogP contribution is 2.17. The molecule has 0 fully saturated rings. The summed E-state index contributed by atoms with van der Waals surface area (Å²) in [6.45, 7) is 4.12. The summed E-state index contributed by atoms with van der Waals surface area (Å²) in [6, 6.07) is 8.88. The number of rotatable bonds is 7. The molecule has 0 spiro atoms. The van der Waals surface area contributed by atoms with Crippen LogP contribution in [0.4, 0.5) is 0 Å². The number of carbonyl (C=O) groups excluding carboxylic acids is 1. The lowest BCUT2D eigenvalue weighted by atomic mass is 10.1. The summed E-state index contributed by atoms with van der Waals surface area (Å²) >= 11 is 0. The Bertz CT molecular complexity index is 342. The van der Waals surface area contributed by atoms with Crippen molar-refractivity contribution in [3.8, 4) is 0 Å². The molecule has 0 saturated carbocycles. The molecule has 1 unspecified atom stereocenters. The van der Waals surface area contributed by atoms with Gasteiger partial charge in [-0.2, -0.15) is 0 Å². The Morgan fingerprint density at radius 1 is 1.17 bits per heavy atom. The predicted molar refractivity (Wildman–Crippen MR) is 71.1 cm³/mol. The molecule has 1 rings (SSSR count). The van der Waals surface area contributed by atoms with Crippen LogP contribution in [0.5, 0.6) is 0 Å². The van der Waals surface area contributed by atoms with E-state index in [1.807, 2.05) is 6.07 Å². The molecule has 0 aliphatic rings. The standard InChI is InChI=1S/C15H22O3/c1-3-8-13(9-4-2)18-15(17)14(16)12-10-6-5-7-11-12/h5-7,10-11,13-14,16H,3-4,8-9H2,1-2H3. The summed E-state index contributed by atoms with van der Waals surface area (Å²) in [5, 5.41) is 9.90. The summed E-state index contributed by atoms with van der Waals surface area (Å²) in [6.07, 6.45) is 2.38. The smallest absolute Gasteiger partial charge is 0.339 e. The molecule has 0 heterocycles. The van der Waals surface area contributed by atoms with Gasteiger partial charge in [0, 0.05) is 0 Å². The van der Waals surface area contributed by atoms with Gasteiger partial charge in [0.05, 0.1) is 0 Å². The molecule has 100 valence electrons. The quantitative estimate of drug-likeness (QED) is 0.756. The minimum Gasteiger partial charge on any atom is -0.460 e. The molecule has 0 aromatic heterocycles. The van der Waals surface area contributed by atoms with Crippen LogP contribution < -0.4 is 0 Å². The zero-order valence-corrected chi connectivity index (χ0v) is 11.1. The van der Waals surface area contributed by atoms with Gasteiger partial charge < -0.3 is 9.84 Å². The van der Waals surface area contributed by atoms with Crippen LogP contribution in [-0.2, 0) is 9.53 Å². The van der Waals surface area contributed by atoms with E-state index < -0.39 is 12.1 Å². The number of hydrogen-bond donors (Lipinski definition) is 1. The first-order valence-electron chi connectivity index (χ1n) is 6.62. The number of esters is 1. The second-order valence-electron chi connectivity index (χ2n) is 4.45. The second kappa shape index (κ2) is 7.88. The molecule has 3 nitrogen and oxygen atoms in total. The summed E-state index contributed by atoms with van der Waals surface area (Å²) in [5.41, 5.74) is 0.578. The Kier molecular flexibility index (Phi) is 6.44. The van der Waals surface area contributed by atoms with Crippen LogP contribution in [0.15, 0.2) is 30.3 Å². The van der Waals surface area contributed by atoms with Crippen LogP contribution in [-0.4, -0.2) is 17.2 Å². The topological polar surface area (TPSA) is 46.5 Å². The van der Waals surface area contributed by atoms with Crippen molar-refractivity contribution in [3.05, 3.63) is 35.9 Å². The number of carbonyl (C=O) groups is 1. The van der Waals surface area contributed by atoms with Crippen molar-refractivity contribution in [2.45, 2.75) is 51.7 Å². The molecular formula is C15H22O3. The van der Waals surface area contributed by atoms with Gasteiger partial charge in [0.15, 0.2) is 6.10 Å². The van der Waals surface area contributed by atoms with Crippen LogP contribution >= 0.6 is 0 Å². The lowest BCUT2D eigenvalue weighted by Gasteiger charge is -2.19. The van der Waals surface area contributed by atoms with Crippen LogP contribution in [0.3, 0.4) is 0 Å². The molecular weight excluding hydrogens is 228 g/mol. The average Bonchev–Trinajstić information content (AvgIpc) is 2.39. The van der Waals surface area contributed by atoms with E-state index in [1.165, 1.54) is 0 Å². The summed E-state index contributed by atoms with van der Waals surface area (Å²) < 4.78 is 5.36. The number of benzene rings is 1. The van der Waals surface area contributed by atoms with Gasteiger partial charge in [-0.3, -0.25) is 0 Å². The Morgan fingerprint density at radius 3 is 2.22 bits per heavy atom. The van der Waals surface area contributed by atoms with Crippen molar-refractivity contribution >= 4 is 5.97 Å². The van der Waals surface area contributed by atoms with Gasteiger partial charge >= 0.3 is 5.97 Å². The first-order valence-corrected chi connectivity index (χ1v) is 6.62. The van der Waals surface area contributed by atoms with Crippen LogP contribution in [0.2, 0.25) is 0 Å². The zero-order chi connectivity index (χ0) is 13.4. The average molecular weight is 250 g/mol. The summed E-state index contributed by atoms with van der Waals surface area (Å²) in [7, 11) is 0. The van der Waals surface area contributed by atoms with Crippen LogP contribution in [0, 0.1) is 0 Å². The minimum absolute atomic E-state index is 0.0779. The molecule has 1 atom stereocenters. The summed E-state index contributed by atoms with van der Waals surface area (Å²) in [4.78, 5) is 11.8. The van der Waals surface area contributed by atoms with Crippen LogP contribution in [0.25, 0.3) is 0 Å². The maximum absolute atomic E-state index is 11.8. The first kappa shape index (κ1) is 14.7. The van der Waals surface area contributed by atoms with Crippen molar-refractivity contribution < 1.29 is 14.6 Å². The molecule has 1 aromatic carbocycles. The Labute approximate surface area is 109 Å². The van der Waals surface area contributed by atoms with Gasteiger partial charge in [0.2, 0.25) is 0 Å². The minimum atomic E-state index is -1.18. The number of aliphatic hydroxyl groups excluding tert-OH is 1. The lowest BCUT2D eigenvalue weighted by Crippen LogP contribution is -2.23. The van der Waals surface area contributed by atoms with E-state index in [1.54, 1.807) is 24.3 Å². The van der Waals surface area contributed by atoms with Gasteiger partial charge in [-0.1, -0.05) is 57.0 Å². The van der Waals surface area contributed by atoms with E-state index >= 15 is 0 Å². The SMILES string of the molecule is CCCC(CCC)OC(=O)C(O)c1ccccc1. The van der Waals surface area contributed by atoms with Crippen molar-refractivity contribution in [1.29, 1.82) is 0 Å². The van der Waals surface area contributed by atoms with Gasteiger partial charge in [-0.05, 0) is 18.4 Å². The molecule has 0 amide bonds. The summed E-state index contributed by atoms with van der Waals surface area (Å²) in [5.74, 6) is -0.548. The first-order chi connectivity index (χ1) is 8.69. The largest absolute Gasteiger partial charge is 0.460 e. The second-order valence-corrected chi connectivity index (χ2v) is 4.45. The maximum atomic E-state index is 11.8. The molecule has 1 aromatic rings. The fourth-order valence-electron chi connectivity index (χ4n) is 1.91. The van der Waals surface area contributed by atoms with E-state index in [4.69, 9.17) is 4.74 Å². The highest BCUT2D eigenvalue weighted by atomic mass is 16.6. The van der Waals surface area contributed by atoms with Gasteiger partial charge in [0.1, 0.15) is 6.10 Å². The van der Waals surface area contributed by atoms with Gasteiger partial charge in [0.25, 0.3) is 0 Å². The molecule has 0 bridgehead atoms. The van der Waals surface area contributed by atoms with E-state index in [-0.39, 0.29) is 6.10 Å². The van der Waals surface area contributed by atoms with Gasteiger partial charge in [-0.15, -0.1) is 0 Å². The normalized spacial score (nSPS) is 12.4. The van der Waals surface area contributed by atoms with Gasteiger partial charge in [-0.25, -0.2) is 4.79 Å². The van der Waals surface area contributed by atoms with Crippen molar-refractivity contribution in [2.24, 2.45) is 0 Å². The number of ether oxygens (including phenoxy) is 1. The third-order valence-electron chi connectivity index (χ3n) is 2.84. The van der Waals surface area contributed by atoms with Crippen molar-refractivity contribution in [1.82, 2.24) is 0 Å². The Balaban J connectivity index is 2.58. The van der Waals surface area contributed by atoms with Crippen molar-refractivity contribution in [3.63, 3.8) is 0 Å². The molecule has 0 aliphatic heterocycles. The molecule has 1 N–H and O–H groups in total. The molecule has 18 heavy (non-hydrogen) atoms. The maximum Gasteiger partial charge on any atom is 0.339 e. The highest BCUT2D eigenvalue weighted by Gasteiger charge is 2.22. The molecule has 0 aliphatic carbocycles. The lowest BCUT2D eigenvalue weighted by molar-refractivity contribution is -0.160. The van der Waals surface area contributed by atoms with E-state index in [0.717, 1.165) is 25.7 Å². The molecule has 0 saturated heterocycles. The predicted octanol–water partition coefficient (Wildman–Crippen LogP) is 3.23.